The van der Waals surface area contributed by atoms with Crippen LogP contribution in [-0.2, 0) is 9.53 Å². The molecule has 2 nitrogen and oxygen atoms in total. The molecule has 0 aliphatic heterocycles. The van der Waals surface area contributed by atoms with Gasteiger partial charge in [-0.2, -0.15) is 0 Å². The van der Waals surface area contributed by atoms with Gasteiger partial charge in [-0.25, -0.2) is 0 Å². The molecule has 2 heteroatoms. The summed E-state index contributed by atoms with van der Waals surface area (Å²) in [5, 5.41) is 0. The second kappa shape index (κ2) is 6.18. The van der Waals surface area contributed by atoms with E-state index in [1.54, 1.807) is 0 Å². The lowest BCUT2D eigenvalue weighted by Gasteiger charge is -2.22. The Hall–Kier alpha value is -0.370. The van der Waals surface area contributed by atoms with Crippen molar-refractivity contribution in [3.8, 4) is 0 Å². The van der Waals surface area contributed by atoms with Gasteiger partial charge in [0.2, 0.25) is 0 Å². The molecule has 14 heavy (non-hydrogen) atoms. The fourth-order valence-corrected chi connectivity index (χ4v) is 2.18. The Labute approximate surface area is 87.0 Å². The highest BCUT2D eigenvalue weighted by Crippen LogP contribution is 2.26. The highest BCUT2D eigenvalue weighted by Gasteiger charge is 2.20. The fraction of sp³-hybridized carbons (Fsp3) is 0.917. The van der Waals surface area contributed by atoms with Crippen molar-refractivity contribution in [2.24, 2.45) is 5.92 Å². The first-order valence-electron chi connectivity index (χ1n) is 5.88. The lowest BCUT2D eigenvalue weighted by molar-refractivity contribution is -0.130. The SMILES string of the molecule is CCOC(C)C(=O)CC1CCCCC1. The summed E-state index contributed by atoms with van der Waals surface area (Å²) in [7, 11) is 0. The van der Waals surface area contributed by atoms with Crippen LogP contribution in [0.1, 0.15) is 52.4 Å². The van der Waals surface area contributed by atoms with Crippen LogP contribution in [0.5, 0.6) is 0 Å². The molecule has 0 amide bonds. The maximum Gasteiger partial charge on any atom is 0.161 e. The van der Waals surface area contributed by atoms with E-state index in [2.05, 4.69) is 0 Å². The minimum absolute atomic E-state index is 0.193. The molecule has 0 radical (unpaired) electrons. The van der Waals surface area contributed by atoms with E-state index in [0.717, 1.165) is 6.42 Å². The van der Waals surface area contributed by atoms with Crippen molar-refractivity contribution in [2.45, 2.75) is 58.5 Å². The summed E-state index contributed by atoms with van der Waals surface area (Å²) in [5.41, 5.74) is 0. The number of Topliss-reactive ketones (excluding diaryl/α,β-unsaturated/α-hetero) is 1. The van der Waals surface area contributed by atoms with Gasteiger partial charge in [0, 0.05) is 13.0 Å². The maximum atomic E-state index is 11.7. The van der Waals surface area contributed by atoms with E-state index < -0.39 is 0 Å². The number of carbonyl (C=O) groups excluding carboxylic acids is 1. The average molecular weight is 198 g/mol. The van der Waals surface area contributed by atoms with Crippen molar-refractivity contribution in [2.75, 3.05) is 6.61 Å². The molecule has 1 atom stereocenters. The van der Waals surface area contributed by atoms with Crippen LogP contribution in [0.25, 0.3) is 0 Å². The lowest BCUT2D eigenvalue weighted by atomic mass is 9.85. The van der Waals surface area contributed by atoms with E-state index >= 15 is 0 Å². The first-order chi connectivity index (χ1) is 6.74. The van der Waals surface area contributed by atoms with Crippen LogP contribution in [0, 0.1) is 5.92 Å². The molecule has 0 aromatic carbocycles. The molecule has 1 unspecified atom stereocenters. The van der Waals surface area contributed by atoms with Gasteiger partial charge in [-0.1, -0.05) is 32.1 Å². The second-order valence-corrected chi connectivity index (χ2v) is 4.27. The summed E-state index contributed by atoms with van der Waals surface area (Å²) in [6.45, 7) is 4.44. The summed E-state index contributed by atoms with van der Waals surface area (Å²) >= 11 is 0. The maximum absolute atomic E-state index is 11.7. The first kappa shape index (κ1) is 11.7. The van der Waals surface area contributed by atoms with Gasteiger partial charge in [-0.15, -0.1) is 0 Å². The van der Waals surface area contributed by atoms with E-state index in [1.807, 2.05) is 13.8 Å². The van der Waals surface area contributed by atoms with Crippen molar-refractivity contribution in [3.63, 3.8) is 0 Å². The largest absolute Gasteiger partial charge is 0.371 e. The minimum atomic E-state index is -0.193. The molecule has 0 aromatic rings. The highest BCUT2D eigenvalue weighted by molar-refractivity contribution is 5.82. The Morgan fingerprint density at radius 1 is 1.36 bits per heavy atom. The van der Waals surface area contributed by atoms with Crippen molar-refractivity contribution in [3.05, 3.63) is 0 Å². The lowest BCUT2D eigenvalue weighted by Crippen LogP contribution is -2.24. The van der Waals surface area contributed by atoms with Gasteiger partial charge < -0.3 is 4.74 Å². The van der Waals surface area contributed by atoms with Crippen LogP contribution < -0.4 is 0 Å². The van der Waals surface area contributed by atoms with Gasteiger partial charge in [0.15, 0.2) is 5.78 Å². The zero-order valence-electron chi connectivity index (χ0n) is 9.42. The number of carbonyl (C=O) groups is 1. The quantitative estimate of drug-likeness (QED) is 0.679. The standard InChI is InChI=1S/C12H22O2/c1-3-14-10(2)12(13)9-11-7-5-4-6-8-11/h10-11H,3-9H2,1-2H3. The van der Waals surface area contributed by atoms with Crippen LogP contribution >= 0.6 is 0 Å². The summed E-state index contributed by atoms with van der Waals surface area (Å²) in [5.74, 6) is 0.929. The smallest absolute Gasteiger partial charge is 0.161 e. The average Bonchev–Trinajstić information content (AvgIpc) is 2.19. The molecule has 0 saturated heterocycles. The van der Waals surface area contributed by atoms with E-state index in [4.69, 9.17) is 4.74 Å². The predicted octanol–water partition coefficient (Wildman–Crippen LogP) is 2.95. The third kappa shape index (κ3) is 3.79. The highest BCUT2D eigenvalue weighted by atomic mass is 16.5. The summed E-state index contributed by atoms with van der Waals surface area (Å²) in [6, 6.07) is 0. The molecular weight excluding hydrogens is 176 g/mol. The van der Waals surface area contributed by atoms with Gasteiger partial charge in [0.25, 0.3) is 0 Å². The van der Waals surface area contributed by atoms with Crippen LogP contribution in [0.2, 0.25) is 0 Å². The zero-order chi connectivity index (χ0) is 10.4. The van der Waals surface area contributed by atoms with Crippen LogP contribution in [-0.4, -0.2) is 18.5 Å². The molecular formula is C12H22O2. The predicted molar refractivity (Wildman–Crippen MR) is 57.3 cm³/mol. The Morgan fingerprint density at radius 3 is 2.57 bits per heavy atom. The first-order valence-corrected chi connectivity index (χ1v) is 5.88. The summed E-state index contributed by atoms with van der Waals surface area (Å²) in [6.07, 6.45) is 6.99. The molecule has 1 aliphatic rings. The van der Waals surface area contributed by atoms with Gasteiger partial charge in [0.05, 0.1) is 0 Å². The molecule has 0 spiro atoms. The second-order valence-electron chi connectivity index (χ2n) is 4.27. The van der Waals surface area contributed by atoms with Crippen molar-refractivity contribution in [1.82, 2.24) is 0 Å². The number of rotatable bonds is 5. The molecule has 0 aromatic heterocycles. The zero-order valence-corrected chi connectivity index (χ0v) is 9.42. The van der Waals surface area contributed by atoms with E-state index in [-0.39, 0.29) is 6.10 Å². The Balaban J connectivity index is 2.24. The topological polar surface area (TPSA) is 26.3 Å². The van der Waals surface area contributed by atoms with Crippen LogP contribution in [0.15, 0.2) is 0 Å². The monoisotopic (exact) mass is 198 g/mol. The molecule has 0 bridgehead atoms. The minimum Gasteiger partial charge on any atom is -0.371 e. The van der Waals surface area contributed by atoms with Gasteiger partial charge >= 0.3 is 0 Å². The third-order valence-electron chi connectivity index (χ3n) is 3.08. The number of hydrogen-bond donors (Lipinski definition) is 0. The Bertz CT molecular complexity index is 171. The summed E-state index contributed by atoms with van der Waals surface area (Å²) < 4.78 is 5.30. The molecule has 0 N–H and O–H groups in total. The van der Waals surface area contributed by atoms with E-state index in [9.17, 15) is 4.79 Å². The van der Waals surface area contributed by atoms with E-state index in [1.165, 1.54) is 32.1 Å². The molecule has 1 fully saturated rings. The Morgan fingerprint density at radius 2 is 2.00 bits per heavy atom. The molecule has 0 heterocycles. The molecule has 1 rings (SSSR count). The molecule has 1 aliphatic carbocycles. The van der Waals surface area contributed by atoms with Crippen LogP contribution in [0.4, 0.5) is 0 Å². The fourth-order valence-electron chi connectivity index (χ4n) is 2.18. The summed E-state index contributed by atoms with van der Waals surface area (Å²) in [4.78, 5) is 11.7. The normalized spacial score (nSPS) is 20.7. The van der Waals surface area contributed by atoms with Crippen molar-refractivity contribution in [1.29, 1.82) is 0 Å². The number of hydrogen-bond acceptors (Lipinski definition) is 2. The van der Waals surface area contributed by atoms with Gasteiger partial charge in [-0.05, 0) is 19.8 Å². The third-order valence-corrected chi connectivity index (χ3v) is 3.08. The molecule has 82 valence electrons. The van der Waals surface area contributed by atoms with Gasteiger partial charge in [-0.3, -0.25) is 4.79 Å². The van der Waals surface area contributed by atoms with Crippen LogP contribution in [0.3, 0.4) is 0 Å². The number of ketones is 1. The molecule has 1 saturated carbocycles. The van der Waals surface area contributed by atoms with E-state index in [0.29, 0.717) is 18.3 Å². The Kier molecular flexibility index (Phi) is 5.16. The number of ether oxygens (including phenoxy) is 1. The van der Waals surface area contributed by atoms with Gasteiger partial charge in [0.1, 0.15) is 6.10 Å². The van der Waals surface area contributed by atoms with Crippen molar-refractivity contribution >= 4 is 5.78 Å². The van der Waals surface area contributed by atoms with Crippen molar-refractivity contribution < 1.29 is 9.53 Å².